The van der Waals surface area contributed by atoms with Gasteiger partial charge in [-0.3, -0.25) is 4.31 Å². The van der Waals surface area contributed by atoms with Crippen LogP contribution in [0, 0.1) is 0 Å². The fraction of sp³-hybridized carbons (Fsp3) is 0.455. The molecule has 3 nitrogen and oxygen atoms in total. The van der Waals surface area contributed by atoms with Gasteiger partial charge in [0.2, 0.25) is 10.0 Å². The minimum Gasteiger partial charge on any atom is -0.271 e. The smallest absolute Gasteiger partial charge is 0.235 e. The third-order valence-corrected chi connectivity index (χ3v) is 4.42. The molecule has 90 valence electrons. The van der Waals surface area contributed by atoms with Crippen molar-refractivity contribution in [2.75, 3.05) is 22.5 Å². The van der Waals surface area contributed by atoms with E-state index in [9.17, 15) is 8.42 Å². The van der Waals surface area contributed by atoms with Crippen LogP contribution in [0.2, 0.25) is 0 Å². The molecule has 0 heterocycles. The number of benzene rings is 1. The highest BCUT2D eigenvalue weighted by atomic mass is 35.5. The maximum absolute atomic E-state index is 12.0. The Morgan fingerprint density at radius 2 is 1.88 bits per heavy atom. The standard InChI is InChI=1S/C11H16ClNO2S/c1-2-13(11-7-4-3-5-8-11)16(14,15)10-6-9-12/h3-5,7-8H,2,6,9-10H2,1H3. The van der Waals surface area contributed by atoms with E-state index < -0.39 is 10.0 Å². The lowest BCUT2D eigenvalue weighted by Gasteiger charge is -2.22. The summed E-state index contributed by atoms with van der Waals surface area (Å²) in [6.07, 6.45) is 0.479. The summed E-state index contributed by atoms with van der Waals surface area (Å²) in [7, 11) is -3.24. The maximum Gasteiger partial charge on any atom is 0.235 e. The summed E-state index contributed by atoms with van der Waals surface area (Å²) in [5, 5.41) is 0. The van der Waals surface area contributed by atoms with Crippen LogP contribution < -0.4 is 4.31 Å². The van der Waals surface area contributed by atoms with Crippen molar-refractivity contribution in [2.45, 2.75) is 13.3 Å². The molecule has 0 bridgehead atoms. The van der Waals surface area contributed by atoms with Crippen molar-refractivity contribution >= 4 is 27.3 Å². The molecule has 16 heavy (non-hydrogen) atoms. The Morgan fingerprint density at radius 1 is 1.25 bits per heavy atom. The number of sulfonamides is 1. The molecule has 1 rings (SSSR count). The number of hydrogen-bond donors (Lipinski definition) is 0. The van der Waals surface area contributed by atoms with Crippen molar-refractivity contribution in [3.05, 3.63) is 30.3 Å². The number of anilines is 1. The number of hydrogen-bond acceptors (Lipinski definition) is 2. The van der Waals surface area contributed by atoms with Gasteiger partial charge in [-0.05, 0) is 25.5 Å². The van der Waals surface area contributed by atoms with Gasteiger partial charge in [0.25, 0.3) is 0 Å². The van der Waals surface area contributed by atoms with E-state index in [0.29, 0.717) is 24.5 Å². The first-order valence-corrected chi connectivity index (χ1v) is 7.37. The monoisotopic (exact) mass is 261 g/mol. The summed E-state index contributed by atoms with van der Waals surface area (Å²) >= 11 is 5.52. The minimum absolute atomic E-state index is 0.0965. The Kier molecular flexibility index (Phi) is 5.09. The molecular weight excluding hydrogens is 246 g/mol. The van der Waals surface area contributed by atoms with Crippen LogP contribution in [0.1, 0.15) is 13.3 Å². The molecule has 0 aliphatic rings. The Morgan fingerprint density at radius 3 is 2.38 bits per heavy atom. The maximum atomic E-state index is 12.0. The van der Waals surface area contributed by atoms with E-state index >= 15 is 0 Å². The van der Waals surface area contributed by atoms with Crippen molar-refractivity contribution in [1.82, 2.24) is 0 Å². The molecule has 0 aromatic heterocycles. The topological polar surface area (TPSA) is 37.4 Å². The van der Waals surface area contributed by atoms with E-state index in [4.69, 9.17) is 11.6 Å². The quantitative estimate of drug-likeness (QED) is 0.738. The van der Waals surface area contributed by atoms with Crippen LogP contribution in [0.4, 0.5) is 5.69 Å². The normalized spacial score (nSPS) is 11.4. The summed E-state index contributed by atoms with van der Waals surface area (Å²) < 4.78 is 25.4. The zero-order valence-electron chi connectivity index (χ0n) is 9.27. The Hall–Kier alpha value is -0.740. The largest absolute Gasteiger partial charge is 0.271 e. The van der Waals surface area contributed by atoms with Crippen molar-refractivity contribution in [1.29, 1.82) is 0 Å². The first-order chi connectivity index (χ1) is 7.61. The number of rotatable bonds is 6. The summed E-state index contributed by atoms with van der Waals surface area (Å²) in [6, 6.07) is 9.11. The van der Waals surface area contributed by atoms with Crippen molar-refractivity contribution in [3.63, 3.8) is 0 Å². The highest BCUT2D eigenvalue weighted by Crippen LogP contribution is 2.17. The predicted octanol–water partition coefficient (Wildman–Crippen LogP) is 2.47. The SMILES string of the molecule is CCN(c1ccccc1)S(=O)(=O)CCCCl. The summed E-state index contributed by atoms with van der Waals surface area (Å²) in [6.45, 7) is 2.26. The van der Waals surface area contributed by atoms with Crippen LogP contribution in [0.3, 0.4) is 0 Å². The third-order valence-electron chi connectivity index (χ3n) is 2.20. The van der Waals surface area contributed by atoms with E-state index in [0.717, 1.165) is 0 Å². The molecule has 1 aromatic rings. The van der Waals surface area contributed by atoms with E-state index in [1.165, 1.54) is 4.31 Å². The van der Waals surface area contributed by atoms with Crippen LogP contribution in [0.15, 0.2) is 30.3 Å². The minimum atomic E-state index is -3.24. The Balaban J connectivity index is 2.90. The summed E-state index contributed by atoms with van der Waals surface area (Å²) in [5.74, 6) is 0.463. The molecule has 0 N–H and O–H groups in total. The molecule has 0 fully saturated rings. The van der Waals surface area contributed by atoms with Gasteiger partial charge in [-0.25, -0.2) is 8.42 Å². The summed E-state index contributed by atoms with van der Waals surface area (Å²) in [5.41, 5.74) is 0.708. The lowest BCUT2D eigenvalue weighted by atomic mass is 10.3. The average Bonchev–Trinajstić information content (AvgIpc) is 2.28. The van der Waals surface area contributed by atoms with Gasteiger partial charge >= 0.3 is 0 Å². The van der Waals surface area contributed by atoms with Gasteiger partial charge in [-0.15, -0.1) is 11.6 Å². The van der Waals surface area contributed by atoms with E-state index in [2.05, 4.69) is 0 Å². The number of alkyl halides is 1. The van der Waals surface area contributed by atoms with Crippen LogP contribution in [-0.4, -0.2) is 26.6 Å². The van der Waals surface area contributed by atoms with Gasteiger partial charge in [-0.1, -0.05) is 18.2 Å². The van der Waals surface area contributed by atoms with Gasteiger partial charge in [0.05, 0.1) is 11.4 Å². The fourth-order valence-corrected chi connectivity index (χ4v) is 3.34. The van der Waals surface area contributed by atoms with Gasteiger partial charge in [0.15, 0.2) is 0 Å². The van der Waals surface area contributed by atoms with Gasteiger partial charge in [0.1, 0.15) is 0 Å². The molecule has 5 heteroatoms. The molecule has 0 saturated heterocycles. The Labute approximate surface area is 102 Å². The second-order valence-electron chi connectivity index (χ2n) is 3.36. The first-order valence-electron chi connectivity index (χ1n) is 5.23. The average molecular weight is 262 g/mol. The lowest BCUT2D eigenvalue weighted by molar-refractivity contribution is 0.590. The van der Waals surface area contributed by atoms with Crippen LogP contribution in [0.5, 0.6) is 0 Å². The molecular formula is C11H16ClNO2S. The van der Waals surface area contributed by atoms with Crippen LogP contribution in [-0.2, 0) is 10.0 Å². The summed E-state index contributed by atoms with van der Waals surface area (Å²) in [4.78, 5) is 0. The van der Waals surface area contributed by atoms with E-state index in [1.807, 2.05) is 25.1 Å². The molecule has 1 aromatic carbocycles. The molecule has 0 atom stereocenters. The van der Waals surface area contributed by atoms with Crippen LogP contribution in [0.25, 0.3) is 0 Å². The van der Waals surface area contributed by atoms with Crippen LogP contribution >= 0.6 is 11.6 Å². The molecule has 0 spiro atoms. The molecule has 0 amide bonds. The molecule has 0 aliphatic heterocycles. The second kappa shape index (κ2) is 6.11. The highest BCUT2D eigenvalue weighted by molar-refractivity contribution is 7.92. The molecule has 0 unspecified atom stereocenters. The van der Waals surface area contributed by atoms with Gasteiger partial charge in [0, 0.05) is 12.4 Å². The third kappa shape index (κ3) is 3.39. The predicted molar refractivity (Wildman–Crippen MR) is 68.6 cm³/mol. The Bertz CT molecular complexity index is 405. The number of halogens is 1. The van der Waals surface area contributed by atoms with Gasteiger partial charge in [-0.2, -0.15) is 0 Å². The van der Waals surface area contributed by atoms with Crippen molar-refractivity contribution in [3.8, 4) is 0 Å². The zero-order chi connectivity index (χ0) is 12.0. The number of nitrogens with zero attached hydrogens (tertiary/aromatic N) is 1. The molecule has 0 aliphatic carbocycles. The fourth-order valence-electron chi connectivity index (χ4n) is 1.48. The zero-order valence-corrected chi connectivity index (χ0v) is 10.8. The number of para-hydroxylation sites is 1. The van der Waals surface area contributed by atoms with Crippen molar-refractivity contribution < 1.29 is 8.42 Å². The van der Waals surface area contributed by atoms with Gasteiger partial charge < -0.3 is 0 Å². The highest BCUT2D eigenvalue weighted by Gasteiger charge is 2.19. The molecule has 0 radical (unpaired) electrons. The van der Waals surface area contributed by atoms with E-state index in [1.54, 1.807) is 12.1 Å². The van der Waals surface area contributed by atoms with E-state index in [-0.39, 0.29) is 5.75 Å². The lowest BCUT2D eigenvalue weighted by Crippen LogP contribution is -2.32. The van der Waals surface area contributed by atoms with Crippen molar-refractivity contribution in [2.24, 2.45) is 0 Å². The molecule has 0 saturated carbocycles. The second-order valence-corrected chi connectivity index (χ2v) is 5.75. The first kappa shape index (κ1) is 13.3.